The first-order valence-electron chi connectivity index (χ1n) is 6.72. The highest BCUT2D eigenvalue weighted by atomic mass is 16.4. The van der Waals surface area contributed by atoms with Gasteiger partial charge in [0, 0.05) is 18.5 Å². The van der Waals surface area contributed by atoms with Crippen LogP contribution in [0.2, 0.25) is 0 Å². The molecule has 1 heterocycles. The zero-order valence-corrected chi connectivity index (χ0v) is 11.6. The number of nitrogens with two attached hydrogens (primary N) is 1. The Bertz CT molecular complexity index is 561. The predicted octanol–water partition coefficient (Wildman–Crippen LogP) is 2.07. The van der Waals surface area contributed by atoms with Gasteiger partial charge in [-0.3, -0.25) is 4.79 Å². The van der Waals surface area contributed by atoms with Gasteiger partial charge in [-0.1, -0.05) is 19.1 Å². The number of amides is 1. The first kappa shape index (κ1) is 14.1. The number of rotatable bonds is 6. The lowest BCUT2D eigenvalue weighted by Crippen LogP contribution is -2.23. The number of nitrogens with zero attached hydrogens (tertiary/aromatic N) is 1. The Balaban J connectivity index is 1.74. The molecule has 20 heavy (non-hydrogen) atoms. The molecule has 106 valence electrons. The second-order valence-electron chi connectivity index (χ2n) is 4.59. The number of hydrogen-bond donors (Lipinski definition) is 2. The highest BCUT2D eigenvalue weighted by Gasteiger charge is 2.06. The van der Waals surface area contributed by atoms with Crippen LogP contribution in [0.15, 0.2) is 34.9 Å². The first-order chi connectivity index (χ1) is 9.67. The lowest BCUT2D eigenvalue weighted by molar-refractivity contribution is -0.121. The Labute approximate surface area is 118 Å². The van der Waals surface area contributed by atoms with E-state index in [9.17, 15) is 4.79 Å². The van der Waals surface area contributed by atoms with E-state index in [1.54, 1.807) is 6.20 Å². The van der Waals surface area contributed by atoms with Gasteiger partial charge in [0.15, 0.2) is 0 Å². The second-order valence-corrected chi connectivity index (χ2v) is 4.59. The maximum absolute atomic E-state index is 11.7. The molecule has 2 aromatic rings. The van der Waals surface area contributed by atoms with E-state index in [-0.39, 0.29) is 5.91 Å². The van der Waals surface area contributed by atoms with Crippen LogP contribution in [0.1, 0.15) is 30.6 Å². The van der Waals surface area contributed by atoms with Gasteiger partial charge < -0.3 is 15.5 Å². The summed E-state index contributed by atoms with van der Waals surface area (Å²) in [6.45, 7) is 2.33. The van der Waals surface area contributed by atoms with E-state index in [1.165, 1.54) is 0 Å². The highest BCUT2D eigenvalue weighted by Crippen LogP contribution is 2.08. The van der Waals surface area contributed by atoms with Gasteiger partial charge in [0.25, 0.3) is 0 Å². The number of benzene rings is 1. The molecule has 0 saturated carbocycles. The predicted molar refractivity (Wildman–Crippen MR) is 76.9 cm³/mol. The zero-order chi connectivity index (χ0) is 14.4. The summed E-state index contributed by atoms with van der Waals surface area (Å²) in [6.07, 6.45) is 3.62. The minimum atomic E-state index is -0.0157. The van der Waals surface area contributed by atoms with Crippen molar-refractivity contribution in [2.45, 2.75) is 32.7 Å². The molecule has 3 N–H and O–H groups in total. The van der Waals surface area contributed by atoms with Crippen LogP contribution in [-0.4, -0.2) is 10.9 Å². The van der Waals surface area contributed by atoms with Crippen LogP contribution >= 0.6 is 0 Å². The Hall–Kier alpha value is -2.30. The van der Waals surface area contributed by atoms with Gasteiger partial charge in [0.2, 0.25) is 11.8 Å². The molecule has 5 heteroatoms. The van der Waals surface area contributed by atoms with Gasteiger partial charge >= 0.3 is 0 Å². The van der Waals surface area contributed by atoms with Gasteiger partial charge in [-0.05, 0) is 24.1 Å². The fourth-order valence-corrected chi connectivity index (χ4v) is 1.80. The summed E-state index contributed by atoms with van der Waals surface area (Å²) in [5, 5.41) is 2.80. The summed E-state index contributed by atoms with van der Waals surface area (Å²) in [6, 6.07) is 7.55. The third-order valence-corrected chi connectivity index (χ3v) is 3.01. The molecule has 1 aromatic carbocycles. The van der Waals surface area contributed by atoms with Gasteiger partial charge in [-0.15, -0.1) is 0 Å². The molecule has 0 atom stereocenters. The minimum Gasteiger partial charge on any atom is -0.444 e. The van der Waals surface area contributed by atoms with Gasteiger partial charge in [0.05, 0.1) is 12.7 Å². The molecule has 0 fully saturated rings. The molecule has 0 saturated heterocycles. The number of hydrogen-bond acceptors (Lipinski definition) is 4. The maximum atomic E-state index is 11.7. The van der Waals surface area contributed by atoms with E-state index in [0.29, 0.717) is 25.3 Å². The Kier molecular flexibility index (Phi) is 4.76. The third kappa shape index (κ3) is 4.12. The molecule has 1 aromatic heterocycles. The fraction of sp³-hybridized carbons (Fsp3) is 0.333. The quantitative estimate of drug-likeness (QED) is 0.789. The lowest BCUT2D eigenvalue weighted by Gasteiger charge is -2.03. The van der Waals surface area contributed by atoms with Crippen LogP contribution in [0, 0.1) is 0 Å². The lowest BCUT2D eigenvalue weighted by atomic mass is 10.1. The van der Waals surface area contributed by atoms with Crippen molar-refractivity contribution in [1.82, 2.24) is 10.3 Å². The largest absolute Gasteiger partial charge is 0.444 e. The molecule has 1 amide bonds. The molecule has 0 aliphatic heterocycles. The van der Waals surface area contributed by atoms with Crippen LogP contribution in [-0.2, 0) is 24.2 Å². The van der Waals surface area contributed by atoms with Crippen molar-refractivity contribution < 1.29 is 9.21 Å². The van der Waals surface area contributed by atoms with E-state index >= 15 is 0 Å². The van der Waals surface area contributed by atoms with Crippen LogP contribution in [0.25, 0.3) is 0 Å². The number of anilines is 1. The smallest absolute Gasteiger partial charge is 0.220 e. The van der Waals surface area contributed by atoms with E-state index < -0.39 is 0 Å². The van der Waals surface area contributed by atoms with Crippen molar-refractivity contribution in [3.63, 3.8) is 0 Å². The molecule has 0 aliphatic rings. The number of aromatic nitrogens is 1. The topological polar surface area (TPSA) is 81.2 Å². The molecular weight excluding hydrogens is 254 g/mol. The standard InChI is InChI=1S/C15H19N3O2/c1-2-13-9-18-15(20-13)10-17-14(19)8-5-11-3-6-12(16)7-4-11/h3-4,6-7,9H,2,5,8,10,16H2,1H3,(H,17,19). The van der Waals surface area contributed by atoms with Crippen molar-refractivity contribution >= 4 is 11.6 Å². The average molecular weight is 273 g/mol. The molecule has 0 bridgehead atoms. The molecule has 0 aliphatic carbocycles. The Morgan fingerprint density at radius 3 is 2.75 bits per heavy atom. The zero-order valence-electron chi connectivity index (χ0n) is 11.6. The SMILES string of the molecule is CCc1cnc(CNC(=O)CCc2ccc(N)cc2)o1. The molecule has 0 spiro atoms. The van der Waals surface area contributed by atoms with Crippen molar-refractivity contribution in [3.05, 3.63) is 47.7 Å². The average Bonchev–Trinajstić information content (AvgIpc) is 2.92. The van der Waals surface area contributed by atoms with Crippen LogP contribution in [0.4, 0.5) is 5.69 Å². The van der Waals surface area contributed by atoms with Crippen molar-refractivity contribution in [3.8, 4) is 0 Å². The van der Waals surface area contributed by atoms with Crippen LogP contribution in [0.3, 0.4) is 0 Å². The molecule has 2 rings (SSSR count). The fourth-order valence-electron chi connectivity index (χ4n) is 1.80. The summed E-state index contributed by atoms with van der Waals surface area (Å²) in [5.41, 5.74) is 7.44. The van der Waals surface area contributed by atoms with Crippen molar-refractivity contribution in [2.24, 2.45) is 0 Å². The van der Waals surface area contributed by atoms with Crippen LogP contribution in [0.5, 0.6) is 0 Å². The third-order valence-electron chi connectivity index (χ3n) is 3.01. The molecule has 0 radical (unpaired) electrons. The number of aryl methyl sites for hydroxylation is 2. The molecule has 5 nitrogen and oxygen atoms in total. The van der Waals surface area contributed by atoms with Gasteiger partial charge in [-0.2, -0.15) is 0 Å². The first-order valence-corrected chi connectivity index (χ1v) is 6.72. The summed E-state index contributed by atoms with van der Waals surface area (Å²) in [7, 11) is 0. The second kappa shape index (κ2) is 6.75. The van der Waals surface area contributed by atoms with Gasteiger partial charge in [-0.25, -0.2) is 4.98 Å². The normalized spacial score (nSPS) is 10.4. The van der Waals surface area contributed by atoms with E-state index in [4.69, 9.17) is 10.2 Å². The molecule has 0 unspecified atom stereocenters. The molecular formula is C15H19N3O2. The Morgan fingerprint density at radius 2 is 2.10 bits per heavy atom. The summed E-state index contributed by atoms with van der Waals surface area (Å²) >= 11 is 0. The van der Waals surface area contributed by atoms with Gasteiger partial charge in [0.1, 0.15) is 5.76 Å². The number of nitrogen functional groups attached to an aromatic ring is 1. The van der Waals surface area contributed by atoms with Crippen molar-refractivity contribution in [2.75, 3.05) is 5.73 Å². The van der Waals surface area contributed by atoms with E-state index in [1.807, 2.05) is 31.2 Å². The number of oxazole rings is 1. The number of carbonyl (C=O) groups is 1. The monoisotopic (exact) mass is 273 g/mol. The maximum Gasteiger partial charge on any atom is 0.220 e. The summed E-state index contributed by atoms with van der Waals surface area (Å²) < 4.78 is 5.42. The van der Waals surface area contributed by atoms with Crippen LogP contribution < -0.4 is 11.1 Å². The Morgan fingerprint density at radius 1 is 1.35 bits per heavy atom. The summed E-state index contributed by atoms with van der Waals surface area (Å²) in [4.78, 5) is 15.8. The number of nitrogens with one attached hydrogen (secondary N) is 1. The van der Waals surface area contributed by atoms with Crippen molar-refractivity contribution in [1.29, 1.82) is 0 Å². The number of carbonyl (C=O) groups excluding carboxylic acids is 1. The summed E-state index contributed by atoms with van der Waals surface area (Å²) in [5.74, 6) is 1.36. The highest BCUT2D eigenvalue weighted by molar-refractivity contribution is 5.76. The van der Waals surface area contributed by atoms with E-state index in [0.717, 1.165) is 23.4 Å². The minimum absolute atomic E-state index is 0.0157. The van der Waals surface area contributed by atoms with E-state index in [2.05, 4.69) is 10.3 Å².